The molecule has 1 heterocycles. The first kappa shape index (κ1) is 13.3. The molecule has 3 rings (SSSR count). The van der Waals surface area contributed by atoms with Gasteiger partial charge in [0.25, 0.3) is 0 Å². The van der Waals surface area contributed by atoms with E-state index in [-0.39, 0.29) is 0 Å². The molecule has 0 spiro atoms. The Morgan fingerprint density at radius 2 is 1.62 bits per heavy atom. The Hall–Kier alpha value is -2.69. The molecule has 1 N–H and O–H groups in total. The van der Waals surface area contributed by atoms with Crippen LogP contribution in [0.2, 0.25) is 0 Å². The van der Waals surface area contributed by atoms with Crippen molar-refractivity contribution in [2.75, 3.05) is 7.11 Å². The minimum atomic E-state index is -0.888. The van der Waals surface area contributed by atoms with Crippen molar-refractivity contribution in [1.82, 2.24) is 10.2 Å². The molecule has 0 aliphatic heterocycles. The van der Waals surface area contributed by atoms with Gasteiger partial charge in [-0.05, 0) is 54.1 Å². The summed E-state index contributed by atoms with van der Waals surface area (Å²) in [6, 6.07) is 13.0. The largest absolute Gasteiger partial charge is 0.497 e. The van der Waals surface area contributed by atoms with E-state index in [1.54, 1.807) is 13.2 Å². The lowest BCUT2D eigenvalue weighted by Gasteiger charge is -2.00. The molecular weight excluding hydrogens is 274 g/mol. The third-order valence-electron chi connectivity index (χ3n) is 3.19. The lowest BCUT2D eigenvalue weighted by Crippen LogP contribution is -1.85. The quantitative estimate of drug-likeness (QED) is 0.789. The van der Waals surface area contributed by atoms with Gasteiger partial charge in [-0.2, -0.15) is 5.10 Å². The van der Waals surface area contributed by atoms with Crippen LogP contribution < -0.4 is 4.74 Å². The number of rotatable bonds is 3. The average Bonchev–Trinajstić information content (AvgIpc) is 3.00. The molecule has 0 saturated carbocycles. The minimum Gasteiger partial charge on any atom is -0.497 e. The van der Waals surface area contributed by atoms with Gasteiger partial charge < -0.3 is 4.74 Å². The summed E-state index contributed by atoms with van der Waals surface area (Å²) < 4.78 is 31.3. The van der Waals surface area contributed by atoms with E-state index in [4.69, 9.17) is 4.74 Å². The zero-order chi connectivity index (χ0) is 14.8. The molecule has 0 saturated heterocycles. The number of halogens is 2. The Kier molecular flexibility index (Phi) is 3.39. The van der Waals surface area contributed by atoms with Gasteiger partial charge in [0.15, 0.2) is 11.6 Å². The molecule has 0 aliphatic carbocycles. The molecule has 106 valence electrons. The van der Waals surface area contributed by atoms with Gasteiger partial charge in [-0.1, -0.05) is 0 Å². The molecule has 0 amide bonds. The summed E-state index contributed by atoms with van der Waals surface area (Å²) in [4.78, 5) is 0. The Balaban J connectivity index is 1.93. The van der Waals surface area contributed by atoms with E-state index >= 15 is 0 Å². The topological polar surface area (TPSA) is 37.9 Å². The van der Waals surface area contributed by atoms with Crippen molar-refractivity contribution in [3.63, 3.8) is 0 Å². The van der Waals surface area contributed by atoms with Crippen molar-refractivity contribution in [2.45, 2.75) is 0 Å². The highest BCUT2D eigenvalue weighted by molar-refractivity contribution is 5.68. The second kappa shape index (κ2) is 5.36. The fourth-order valence-electron chi connectivity index (χ4n) is 2.04. The number of H-pyrrole nitrogens is 1. The van der Waals surface area contributed by atoms with E-state index < -0.39 is 11.6 Å². The summed E-state index contributed by atoms with van der Waals surface area (Å²) in [5.41, 5.74) is 2.79. The molecule has 3 nitrogen and oxygen atoms in total. The van der Waals surface area contributed by atoms with E-state index in [9.17, 15) is 8.78 Å². The standard InChI is InChI=1S/C16H12F2N2O/c1-21-12-5-2-10(3-6-12)15-9-16(20-19-15)11-4-7-13(17)14(18)8-11/h2-9H,1H3,(H,19,20). The van der Waals surface area contributed by atoms with Crippen molar-refractivity contribution in [1.29, 1.82) is 0 Å². The van der Waals surface area contributed by atoms with E-state index in [1.807, 2.05) is 24.3 Å². The van der Waals surface area contributed by atoms with Crippen molar-refractivity contribution in [2.24, 2.45) is 0 Å². The SMILES string of the molecule is COc1ccc(-c2cc(-c3ccc(F)c(F)c3)n[nH]2)cc1. The number of benzene rings is 2. The van der Waals surface area contributed by atoms with Gasteiger partial charge in [0, 0.05) is 5.56 Å². The first-order chi connectivity index (χ1) is 10.2. The summed E-state index contributed by atoms with van der Waals surface area (Å²) in [5.74, 6) is -0.995. The van der Waals surface area contributed by atoms with Crippen molar-refractivity contribution >= 4 is 0 Å². The molecule has 0 unspecified atom stereocenters. The highest BCUT2D eigenvalue weighted by atomic mass is 19.2. The number of nitrogens with zero attached hydrogens (tertiary/aromatic N) is 1. The number of aromatic nitrogens is 2. The van der Waals surface area contributed by atoms with Crippen LogP contribution in [0.5, 0.6) is 5.75 Å². The molecule has 5 heteroatoms. The normalized spacial score (nSPS) is 10.6. The first-order valence-corrected chi connectivity index (χ1v) is 6.32. The van der Waals surface area contributed by atoms with Crippen LogP contribution in [0.25, 0.3) is 22.5 Å². The van der Waals surface area contributed by atoms with Crippen LogP contribution in [0.1, 0.15) is 0 Å². The number of hydrogen-bond donors (Lipinski definition) is 1. The van der Waals surface area contributed by atoms with Crippen molar-refractivity contribution in [3.8, 4) is 28.3 Å². The van der Waals surface area contributed by atoms with Crippen LogP contribution in [-0.2, 0) is 0 Å². The Morgan fingerprint density at radius 1 is 0.905 bits per heavy atom. The van der Waals surface area contributed by atoms with Crippen LogP contribution in [0, 0.1) is 11.6 Å². The Morgan fingerprint density at radius 3 is 2.29 bits per heavy atom. The van der Waals surface area contributed by atoms with Crippen LogP contribution in [0.15, 0.2) is 48.5 Å². The fourth-order valence-corrected chi connectivity index (χ4v) is 2.04. The molecule has 3 aromatic rings. The first-order valence-electron chi connectivity index (χ1n) is 6.32. The summed E-state index contributed by atoms with van der Waals surface area (Å²) in [7, 11) is 1.60. The second-order valence-electron chi connectivity index (χ2n) is 4.52. The van der Waals surface area contributed by atoms with Crippen LogP contribution in [0.3, 0.4) is 0 Å². The van der Waals surface area contributed by atoms with E-state index in [0.29, 0.717) is 11.3 Å². The number of nitrogens with one attached hydrogen (secondary N) is 1. The van der Waals surface area contributed by atoms with Crippen LogP contribution in [0.4, 0.5) is 8.78 Å². The predicted octanol–water partition coefficient (Wildman–Crippen LogP) is 4.03. The molecule has 0 aliphatic rings. The second-order valence-corrected chi connectivity index (χ2v) is 4.52. The average molecular weight is 286 g/mol. The summed E-state index contributed by atoms with van der Waals surface area (Å²) in [6.45, 7) is 0. The maximum Gasteiger partial charge on any atom is 0.159 e. The molecule has 0 bridgehead atoms. The van der Waals surface area contributed by atoms with Crippen molar-refractivity contribution < 1.29 is 13.5 Å². The monoisotopic (exact) mass is 286 g/mol. The van der Waals surface area contributed by atoms with Gasteiger partial charge >= 0.3 is 0 Å². The molecule has 0 radical (unpaired) electrons. The van der Waals surface area contributed by atoms with Gasteiger partial charge in [0.05, 0.1) is 18.5 Å². The predicted molar refractivity (Wildman–Crippen MR) is 75.9 cm³/mol. The number of hydrogen-bond acceptors (Lipinski definition) is 2. The smallest absolute Gasteiger partial charge is 0.159 e. The number of aromatic amines is 1. The maximum atomic E-state index is 13.3. The summed E-state index contributed by atoms with van der Waals surface area (Å²) in [6.07, 6.45) is 0. The lowest BCUT2D eigenvalue weighted by atomic mass is 10.1. The molecule has 0 fully saturated rings. The Labute approximate surface area is 120 Å². The third kappa shape index (κ3) is 2.63. The van der Waals surface area contributed by atoms with Crippen LogP contribution >= 0.6 is 0 Å². The van der Waals surface area contributed by atoms with Gasteiger partial charge in [-0.3, -0.25) is 5.10 Å². The van der Waals surface area contributed by atoms with Gasteiger partial charge in [-0.15, -0.1) is 0 Å². The van der Waals surface area contributed by atoms with Crippen molar-refractivity contribution in [3.05, 3.63) is 60.2 Å². The van der Waals surface area contributed by atoms with Crippen LogP contribution in [-0.4, -0.2) is 17.3 Å². The van der Waals surface area contributed by atoms with Gasteiger partial charge in [0.1, 0.15) is 5.75 Å². The molecule has 0 atom stereocenters. The lowest BCUT2D eigenvalue weighted by molar-refractivity contribution is 0.415. The number of methoxy groups -OCH3 is 1. The van der Waals surface area contributed by atoms with Gasteiger partial charge in [-0.25, -0.2) is 8.78 Å². The summed E-state index contributed by atoms with van der Waals surface area (Å²) >= 11 is 0. The highest BCUT2D eigenvalue weighted by Crippen LogP contribution is 2.26. The molecule has 2 aromatic carbocycles. The van der Waals surface area contributed by atoms with Gasteiger partial charge in [0.2, 0.25) is 0 Å². The number of ether oxygens (including phenoxy) is 1. The van der Waals surface area contributed by atoms with E-state index in [0.717, 1.165) is 29.1 Å². The summed E-state index contributed by atoms with van der Waals surface area (Å²) in [5, 5.41) is 7.02. The zero-order valence-electron chi connectivity index (χ0n) is 11.2. The highest BCUT2D eigenvalue weighted by Gasteiger charge is 2.09. The molecule has 1 aromatic heterocycles. The fraction of sp³-hybridized carbons (Fsp3) is 0.0625. The Bertz CT molecular complexity index is 766. The molecule has 21 heavy (non-hydrogen) atoms. The third-order valence-corrected chi connectivity index (χ3v) is 3.19. The van der Waals surface area contributed by atoms with E-state index in [1.165, 1.54) is 6.07 Å². The minimum absolute atomic E-state index is 0.518. The maximum absolute atomic E-state index is 13.3. The molecular formula is C16H12F2N2O. The zero-order valence-corrected chi connectivity index (χ0v) is 11.2. The van der Waals surface area contributed by atoms with E-state index in [2.05, 4.69) is 10.2 Å².